The van der Waals surface area contributed by atoms with Gasteiger partial charge < -0.3 is 10.6 Å². The summed E-state index contributed by atoms with van der Waals surface area (Å²) in [4.78, 5) is 28.1. The minimum atomic E-state index is -0.433. The van der Waals surface area contributed by atoms with E-state index >= 15 is 0 Å². The van der Waals surface area contributed by atoms with Gasteiger partial charge in [0.1, 0.15) is 0 Å². The normalized spacial score (nSPS) is 11.6. The number of thioether (sulfide) groups is 1. The molecule has 8 nitrogen and oxygen atoms in total. The molecular weight excluding hydrogens is 436 g/mol. The second-order valence-corrected chi connectivity index (χ2v) is 8.53. The molecule has 0 bridgehead atoms. The number of nitrogens with zero attached hydrogens (tertiary/aromatic N) is 4. The average molecular weight is 459 g/mol. The van der Waals surface area contributed by atoms with Crippen molar-refractivity contribution in [2.75, 3.05) is 10.6 Å². The Bertz CT molecular complexity index is 1240. The van der Waals surface area contributed by atoms with Gasteiger partial charge in [-0.3, -0.25) is 19.1 Å². The number of rotatable bonds is 7. The second-order valence-electron chi connectivity index (χ2n) is 7.22. The van der Waals surface area contributed by atoms with Crippen molar-refractivity contribution in [3.05, 3.63) is 79.1 Å². The van der Waals surface area contributed by atoms with E-state index in [-0.39, 0.29) is 11.8 Å². The van der Waals surface area contributed by atoms with E-state index in [4.69, 9.17) is 0 Å². The zero-order chi connectivity index (χ0) is 23.2. The van der Waals surface area contributed by atoms with E-state index in [1.165, 1.54) is 18.7 Å². The van der Waals surface area contributed by atoms with Gasteiger partial charge in [0.2, 0.25) is 11.8 Å². The quantitative estimate of drug-likeness (QED) is 0.398. The Kier molecular flexibility index (Phi) is 6.80. The molecule has 0 saturated carbocycles. The summed E-state index contributed by atoms with van der Waals surface area (Å²) in [6.45, 7) is 3.27. The van der Waals surface area contributed by atoms with Gasteiger partial charge in [-0.2, -0.15) is 0 Å². The highest BCUT2D eigenvalue weighted by Crippen LogP contribution is 2.30. The summed E-state index contributed by atoms with van der Waals surface area (Å²) in [5.74, 6) is 0.359. The zero-order valence-corrected chi connectivity index (χ0v) is 18.9. The molecule has 0 radical (unpaired) electrons. The maximum atomic E-state index is 12.8. The number of hydrogen-bond acceptors (Lipinski definition) is 6. The van der Waals surface area contributed by atoms with Crippen LogP contribution in [0.15, 0.2) is 84.3 Å². The third-order valence-electron chi connectivity index (χ3n) is 4.71. The summed E-state index contributed by atoms with van der Waals surface area (Å²) >= 11 is 1.32. The highest BCUT2D eigenvalue weighted by molar-refractivity contribution is 8.00. The molecule has 2 amide bonds. The Morgan fingerprint density at radius 1 is 0.879 bits per heavy atom. The summed E-state index contributed by atoms with van der Waals surface area (Å²) in [7, 11) is 0. The molecule has 4 rings (SSSR count). The smallest absolute Gasteiger partial charge is 0.237 e. The lowest BCUT2D eigenvalue weighted by atomic mass is 10.2. The number of pyridine rings is 1. The highest BCUT2D eigenvalue weighted by atomic mass is 32.2. The first kappa shape index (κ1) is 22.2. The van der Waals surface area contributed by atoms with Crippen molar-refractivity contribution in [1.29, 1.82) is 0 Å². The van der Waals surface area contributed by atoms with Crippen LogP contribution in [0.2, 0.25) is 0 Å². The molecule has 2 heterocycles. The van der Waals surface area contributed by atoms with Gasteiger partial charge in [-0.1, -0.05) is 30.0 Å². The number of anilines is 2. The minimum Gasteiger partial charge on any atom is -0.326 e. The first-order valence-corrected chi connectivity index (χ1v) is 11.2. The van der Waals surface area contributed by atoms with Crippen LogP contribution in [0.25, 0.3) is 17.1 Å². The van der Waals surface area contributed by atoms with E-state index in [9.17, 15) is 9.59 Å². The Hall–Kier alpha value is -3.98. The molecule has 33 heavy (non-hydrogen) atoms. The maximum Gasteiger partial charge on any atom is 0.237 e. The van der Waals surface area contributed by atoms with Crippen molar-refractivity contribution in [1.82, 2.24) is 19.7 Å². The molecule has 0 saturated heterocycles. The number of amides is 2. The van der Waals surface area contributed by atoms with Crippen LogP contribution >= 0.6 is 11.8 Å². The van der Waals surface area contributed by atoms with Crippen LogP contribution in [0.5, 0.6) is 0 Å². The first-order valence-electron chi connectivity index (χ1n) is 10.3. The molecule has 2 aromatic carbocycles. The van der Waals surface area contributed by atoms with Crippen molar-refractivity contribution in [2.24, 2.45) is 0 Å². The Labute approximate surface area is 195 Å². The Morgan fingerprint density at radius 2 is 1.52 bits per heavy atom. The number of nitrogens with one attached hydrogen (secondary N) is 2. The Morgan fingerprint density at radius 3 is 2.15 bits per heavy atom. The summed E-state index contributed by atoms with van der Waals surface area (Å²) < 4.78 is 1.94. The molecule has 0 aliphatic heterocycles. The fraction of sp³-hybridized carbons (Fsp3) is 0.125. The summed E-state index contributed by atoms with van der Waals surface area (Å²) in [5, 5.41) is 14.5. The van der Waals surface area contributed by atoms with E-state index in [0.29, 0.717) is 22.4 Å². The predicted octanol–water partition coefficient (Wildman–Crippen LogP) is 4.41. The molecule has 0 fully saturated rings. The molecule has 0 unspecified atom stereocenters. The number of carbonyl (C=O) groups is 2. The maximum absolute atomic E-state index is 12.8. The fourth-order valence-corrected chi connectivity index (χ4v) is 4.01. The van der Waals surface area contributed by atoms with Crippen LogP contribution in [-0.4, -0.2) is 36.8 Å². The van der Waals surface area contributed by atoms with Crippen molar-refractivity contribution in [3.63, 3.8) is 0 Å². The molecule has 4 aromatic rings. The summed E-state index contributed by atoms with van der Waals surface area (Å²) in [6, 6.07) is 20.5. The van der Waals surface area contributed by atoms with Crippen LogP contribution in [-0.2, 0) is 9.59 Å². The molecule has 166 valence electrons. The van der Waals surface area contributed by atoms with Crippen LogP contribution in [0, 0.1) is 0 Å². The van der Waals surface area contributed by atoms with E-state index < -0.39 is 5.25 Å². The van der Waals surface area contributed by atoms with Gasteiger partial charge in [-0.25, -0.2) is 0 Å². The van der Waals surface area contributed by atoms with Crippen LogP contribution in [0.4, 0.5) is 11.4 Å². The number of benzene rings is 2. The lowest BCUT2D eigenvalue weighted by Gasteiger charge is -2.14. The molecule has 0 spiro atoms. The monoisotopic (exact) mass is 458 g/mol. The van der Waals surface area contributed by atoms with Gasteiger partial charge in [0.15, 0.2) is 11.0 Å². The average Bonchev–Trinajstić information content (AvgIpc) is 3.24. The number of para-hydroxylation sites is 1. The van der Waals surface area contributed by atoms with E-state index in [2.05, 4.69) is 25.8 Å². The third-order valence-corrected chi connectivity index (χ3v) is 5.75. The van der Waals surface area contributed by atoms with E-state index in [1.54, 1.807) is 36.7 Å². The van der Waals surface area contributed by atoms with Crippen LogP contribution in [0.1, 0.15) is 13.8 Å². The van der Waals surface area contributed by atoms with Gasteiger partial charge in [0.25, 0.3) is 0 Å². The first-order chi connectivity index (χ1) is 16.0. The molecule has 1 atom stereocenters. The standard InChI is InChI=1S/C24H22N6O2S/c1-16(23(32)27-20-10-8-19(9-11-20)26-17(2)31)33-24-29-28-22(18-12-14-25-15-13-18)30(24)21-6-4-3-5-7-21/h3-16H,1-2H3,(H,26,31)(H,27,32)/t16-/m0/s1. The number of aromatic nitrogens is 4. The Balaban J connectivity index is 1.54. The predicted molar refractivity (Wildman–Crippen MR) is 129 cm³/mol. The number of carbonyl (C=O) groups excluding carboxylic acids is 2. The van der Waals surface area contributed by atoms with Gasteiger partial charge in [0, 0.05) is 41.9 Å². The summed E-state index contributed by atoms with van der Waals surface area (Å²) in [6.07, 6.45) is 3.42. The second kappa shape index (κ2) is 10.1. The number of hydrogen-bond donors (Lipinski definition) is 2. The largest absolute Gasteiger partial charge is 0.326 e. The van der Waals surface area contributed by atoms with Crippen molar-refractivity contribution in [3.8, 4) is 17.1 Å². The molecule has 0 aliphatic carbocycles. The fourth-order valence-electron chi connectivity index (χ4n) is 3.14. The van der Waals surface area contributed by atoms with E-state index in [0.717, 1.165) is 11.3 Å². The zero-order valence-electron chi connectivity index (χ0n) is 18.1. The molecule has 0 aliphatic rings. The van der Waals surface area contributed by atoms with Gasteiger partial charge in [-0.05, 0) is 55.5 Å². The van der Waals surface area contributed by atoms with Gasteiger partial charge in [0.05, 0.1) is 5.25 Å². The SMILES string of the molecule is CC(=O)Nc1ccc(NC(=O)[C@H](C)Sc2nnc(-c3ccncc3)n2-c2ccccc2)cc1. The highest BCUT2D eigenvalue weighted by Gasteiger charge is 2.22. The topological polar surface area (TPSA) is 102 Å². The van der Waals surface area contributed by atoms with Gasteiger partial charge >= 0.3 is 0 Å². The lowest BCUT2D eigenvalue weighted by molar-refractivity contribution is -0.115. The van der Waals surface area contributed by atoms with Crippen molar-refractivity contribution in [2.45, 2.75) is 24.3 Å². The van der Waals surface area contributed by atoms with E-state index in [1.807, 2.05) is 54.0 Å². The van der Waals surface area contributed by atoms with Crippen molar-refractivity contribution >= 4 is 35.0 Å². The molecule has 9 heteroatoms. The molecular formula is C24H22N6O2S. The molecule has 2 N–H and O–H groups in total. The third kappa shape index (κ3) is 5.45. The lowest BCUT2D eigenvalue weighted by Crippen LogP contribution is -2.23. The molecule has 2 aromatic heterocycles. The van der Waals surface area contributed by atoms with Crippen LogP contribution in [0.3, 0.4) is 0 Å². The van der Waals surface area contributed by atoms with Crippen LogP contribution < -0.4 is 10.6 Å². The summed E-state index contributed by atoms with van der Waals surface area (Å²) in [5.41, 5.74) is 3.09. The minimum absolute atomic E-state index is 0.148. The van der Waals surface area contributed by atoms with Crippen molar-refractivity contribution < 1.29 is 9.59 Å². The van der Waals surface area contributed by atoms with Gasteiger partial charge in [-0.15, -0.1) is 10.2 Å².